The molecule has 0 unspecified atom stereocenters. The molecule has 0 radical (unpaired) electrons. The van der Waals surface area contributed by atoms with Gasteiger partial charge in [0.25, 0.3) is 0 Å². The minimum Gasteiger partial charge on any atom is -0.508 e. The normalized spacial score (nSPS) is 11.2. The van der Waals surface area contributed by atoms with Crippen LogP contribution in [0.1, 0.15) is 18.1 Å². The van der Waals surface area contributed by atoms with Crippen molar-refractivity contribution in [3.63, 3.8) is 0 Å². The second kappa shape index (κ2) is 6.57. The Bertz CT molecular complexity index is 598. The number of rotatable bonds is 4. The number of phenols is 1. The summed E-state index contributed by atoms with van der Waals surface area (Å²) >= 11 is 0. The summed E-state index contributed by atoms with van der Waals surface area (Å²) in [5.74, 6) is -0.184. The van der Waals surface area contributed by atoms with Gasteiger partial charge >= 0.3 is 5.97 Å². The quantitative estimate of drug-likeness (QED) is 0.683. The van der Waals surface area contributed by atoms with Crippen LogP contribution in [0.5, 0.6) is 5.75 Å². The predicted octanol–water partition coefficient (Wildman–Crippen LogP) is 3.39. The van der Waals surface area contributed by atoms with Crippen molar-refractivity contribution < 1.29 is 14.6 Å². The molecule has 0 bridgehead atoms. The third-order valence-electron chi connectivity index (χ3n) is 2.81. The van der Waals surface area contributed by atoms with Gasteiger partial charge in [0.1, 0.15) is 5.75 Å². The Hall–Kier alpha value is -2.55. The van der Waals surface area contributed by atoms with E-state index in [2.05, 4.69) is 0 Å². The first-order valence-corrected chi connectivity index (χ1v) is 6.44. The molecule has 1 N–H and O–H groups in total. The summed E-state index contributed by atoms with van der Waals surface area (Å²) in [5.41, 5.74) is 2.54. The summed E-state index contributed by atoms with van der Waals surface area (Å²) in [7, 11) is 0. The first-order chi connectivity index (χ1) is 9.70. The molecule has 3 heteroatoms. The van der Waals surface area contributed by atoms with Gasteiger partial charge in [-0.15, -0.1) is 0 Å². The molecule has 0 amide bonds. The van der Waals surface area contributed by atoms with Gasteiger partial charge in [0.15, 0.2) is 0 Å². The number of hydrogen-bond donors (Lipinski definition) is 1. The van der Waals surface area contributed by atoms with Crippen LogP contribution in [-0.4, -0.2) is 17.7 Å². The molecule has 0 saturated heterocycles. The second-order valence-corrected chi connectivity index (χ2v) is 4.22. The van der Waals surface area contributed by atoms with Gasteiger partial charge in [0, 0.05) is 6.08 Å². The zero-order valence-electron chi connectivity index (χ0n) is 11.2. The Balaban J connectivity index is 2.44. The highest BCUT2D eigenvalue weighted by Gasteiger charge is 2.08. The average molecular weight is 268 g/mol. The van der Waals surface area contributed by atoms with Crippen molar-refractivity contribution in [2.75, 3.05) is 6.61 Å². The molecule has 102 valence electrons. The Labute approximate surface area is 118 Å². The minimum absolute atomic E-state index is 0.192. The van der Waals surface area contributed by atoms with Crippen LogP contribution in [0, 0.1) is 0 Å². The van der Waals surface area contributed by atoms with Crippen molar-refractivity contribution in [2.45, 2.75) is 6.92 Å². The van der Waals surface area contributed by atoms with E-state index in [0.29, 0.717) is 6.61 Å². The molecule has 3 nitrogen and oxygen atoms in total. The van der Waals surface area contributed by atoms with Gasteiger partial charge in [-0.25, -0.2) is 4.79 Å². The number of esters is 1. The van der Waals surface area contributed by atoms with Crippen LogP contribution in [0.15, 0.2) is 60.7 Å². The summed E-state index contributed by atoms with van der Waals surface area (Å²) in [6.45, 7) is 2.11. The number of hydrogen-bond acceptors (Lipinski definition) is 3. The van der Waals surface area contributed by atoms with Gasteiger partial charge in [0.2, 0.25) is 0 Å². The van der Waals surface area contributed by atoms with Crippen molar-refractivity contribution >= 4 is 11.5 Å². The lowest BCUT2D eigenvalue weighted by molar-refractivity contribution is -0.137. The lowest BCUT2D eigenvalue weighted by atomic mass is 9.97. The fraction of sp³-hybridized carbons (Fsp3) is 0.118. The molecule has 20 heavy (non-hydrogen) atoms. The monoisotopic (exact) mass is 268 g/mol. The molecule has 0 aliphatic carbocycles. The average Bonchev–Trinajstić information content (AvgIpc) is 2.47. The van der Waals surface area contributed by atoms with Crippen LogP contribution in [0.4, 0.5) is 0 Å². The zero-order valence-corrected chi connectivity index (χ0v) is 11.2. The van der Waals surface area contributed by atoms with E-state index in [4.69, 9.17) is 4.74 Å². The molecule has 0 heterocycles. The van der Waals surface area contributed by atoms with Crippen molar-refractivity contribution in [2.24, 2.45) is 0 Å². The highest BCUT2D eigenvalue weighted by molar-refractivity contribution is 5.96. The van der Waals surface area contributed by atoms with E-state index in [1.807, 2.05) is 30.3 Å². The van der Waals surface area contributed by atoms with Crippen LogP contribution >= 0.6 is 0 Å². The fourth-order valence-corrected chi connectivity index (χ4v) is 1.89. The number of aromatic hydroxyl groups is 1. The van der Waals surface area contributed by atoms with Crippen molar-refractivity contribution in [3.05, 3.63) is 71.8 Å². The minimum atomic E-state index is -0.376. The molecule has 2 rings (SSSR count). The van der Waals surface area contributed by atoms with Crippen LogP contribution in [0.3, 0.4) is 0 Å². The van der Waals surface area contributed by atoms with E-state index >= 15 is 0 Å². The van der Waals surface area contributed by atoms with Gasteiger partial charge in [0.05, 0.1) is 6.61 Å². The Morgan fingerprint density at radius 2 is 1.65 bits per heavy atom. The standard InChI is InChI=1S/C17H16O3/c1-2-20-17(19)12-16(13-6-4-3-5-7-13)14-8-10-15(18)11-9-14/h3-12,18H,2H2,1H3. The van der Waals surface area contributed by atoms with E-state index in [-0.39, 0.29) is 11.7 Å². The summed E-state index contributed by atoms with van der Waals surface area (Å²) in [6, 6.07) is 16.3. The number of benzene rings is 2. The van der Waals surface area contributed by atoms with E-state index in [1.54, 1.807) is 31.2 Å². The maximum Gasteiger partial charge on any atom is 0.331 e. The molecule has 0 saturated carbocycles. The SMILES string of the molecule is CCOC(=O)C=C(c1ccccc1)c1ccc(O)cc1. The van der Waals surface area contributed by atoms with Crippen LogP contribution < -0.4 is 0 Å². The topological polar surface area (TPSA) is 46.5 Å². The third kappa shape index (κ3) is 3.48. The van der Waals surface area contributed by atoms with Crippen LogP contribution in [0.25, 0.3) is 5.57 Å². The molecule has 2 aromatic carbocycles. The van der Waals surface area contributed by atoms with Crippen LogP contribution in [0.2, 0.25) is 0 Å². The predicted molar refractivity (Wildman–Crippen MR) is 78.3 cm³/mol. The van der Waals surface area contributed by atoms with Gasteiger partial charge in [-0.1, -0.05) is 42.5 Å². The van der Waals surface area contributed by atoms with E-state index in [0.717, 1.165) is 16.7 Å². The number of carbonyl (C=O) groups excluding carboxylic acids is 1. The third-order valence-corrected chi connectivity index (χ3v) is 2.81. The molecule has 0 aromatic heterocycles. The molecular weight excluding hydrogens is 252 g/mol. The molecule has 0 aliphatic rings. The summed E-state index contributed by atoms with van der Waals surface area (Å²) in [4.78, 5) is 11.7. The molecule has 0 aliphatic heterocycles. The summed E-state index contributed by atoms with van der Waals surface area (Å²) in [6.07, 6.45) is 1.48. The largest absolute Gasteiger partial charge is 0.508 e. The van der Waals surface area contributed by atoms with Crippen molar-refractivity contribution in [1.29, 1.82) is 0 Å². The van der Waals surface area contributed by atoms with Gasteiger partial charge in [-0.2, -0.15) is 0 Å². The van der Waals surface area contributed by atoms with Gasteiger partial charge in [-0.3, -0.25) is 0 Å². The van der Waals surface area contributed by atoms with E-state index in [1.165, 1.54) is 6.08 Å². The lowest BCUT2D eigenvalue weighted by Gasteiger charge is -2.08. The highest BCUT2D eigenvalue weighted by Crippen LogP contribution is 2.25. The number of carbonyl (C=O) groups is 1. The zero-order chi connectivity index (χ0) is 14.4. The van der Waals surface area contributed by atoms with Crippen molar-refractivity contribution in [1.82, 2.24) is 0 Å². The van der Waals surface area contributed by atoms with Gasteiger partial charge in [-0.05, 0) is 35.8 Å². The first kappa shape index (κ1) is 13.9. The molecular formula is C17H16O3. The van der Waals surface area contributed by atoms with Gasteiger partial charge < -0.3 is 9.84 Å². The Kier molecular flexibility index (Phi) is 4.56. The second-order valence-electron chi connectivity index (χ2n) is 4.22. The van der Waals surface area contributed by atoms with Crippen LogP contribution in [-0.2, 0) is 9.53 Å². The maximum absolute atomic E-state index is 11.7. The Morgan fingerprint density at radius 3 is 2.25 bits per heavy atom. The van der Waals surface area contributed by atoms with Crippen molar-refractivity contribution in [3.8, 4) is 5.75 Å². The first-order valence-electron chi connectivity index (χ1n) is 6.44. The summed E-state index contributed by atoms with van der Waals surface area (Å²) < 4.78 is 4.97. The highest BCUT2D eigenvalue weighted by atomic mass is 16.5. The maximum atomic E-state index is 11.7. The Morgan fingerprint density at radius 1 is 1.05 bits per heavy atom. The number of ether oxygens (including phenoxy) is 1. The molecule has 0 spiro atoms. The van der Waals surface area contributed by atoms with E-state index < -0.39 is 0 Å². The number of phenolic OH excluding ortho intramolecular Hbond substituents is 1. The smallest absolute Gasteiger partial charge is 0.331 e. The van der Waals surface area contributed by atoms with E-state index in [9.17, 15) is 9.90 Å². The molecule has 2 aromatic rings. The molecule has 0 atom stereocenters. The molecule has 0 fully saturated rings. The summed E-state index contributed by atoms with van der Waals surface area (Å²) in [5, 5.41) is 9.36. The lowest BCUT2D eigenvalue weighted by Crippen LogP contribution is -2.01. The fourth-order valence-electron chi connectivity index (χ4n) is 1.89.